The third-order valence-electron chi connectivity index (χ3n) is 2.75. The number of aliphatic hydroxyl groups excluding tert-OH is 1. The van der Waals surface area contributed by atoms with Crippen LogP contribution in [0.2, 0.25) is 0 Å². The third-order valence-corrected chi connectivity index (χ3v) is 2.75. The van der Waals surface area contributed by atoms with Gasteiger partial charge in [0.1, 0.15) is 0 Å². The molecule has 0 aromatic heterocycles. The summed E-state index contributed by atoms with van der Waals surface area (Å²) in [5.41, 5.74) is 0. The van der Waals surface area contributed by atoms with Crippen molar-refractivity contribution in [3.05, 3.63) is 0 Å². The van der Waals surface area contributed by atoms with Crippen LogP contribution in [0.1, 0.15) is 33.1 Å². The molecule has 4 heteroatoms. The Kier molecular flexibility index (Phi) is 5.05. The third kappa shape index (κ3) is 4.62. The molecule has 3 N–H and O–H groups in total. The Morgan fingerprint density at radius 1 is 1.60 bits per heavy atom. The highest BCUT2D eigenvalue weighted by Gasteiger charge is 2.22. The first-order valence-corrected chi connectivity index (χ1v) is 5.78. The number of hydrogen-bond acceptors (Lipinski definition) is 3. The summed E-state index contributed by atoms with van der Waals surface area (Å²) >= 11 is 0. The number of hydrogen-bond donors (Lipinski definition) is 3. The number of piperidine rings is 1. The molecule has 1 amide bonds. The van der Waals surface area contributed by atoms with Crippen molar-refractivity contribution in [2.45, 2.75) is 45.3 Å². The quantitative estimate of drug-likeness (QED) is 0.629. The van der Waals surface area contributed by atoms with E-state index >= 15 is 0 Å². The fourth-order valence-corrected chi connectivity index (χ4v) is 2.01. The molecule has 4 nitrogen and oxygen atoms in total. The van der Waals surface area contributed by atoms with E-state index in [4.69, 9.17) is 0 Å². The molecule has 1 aliphatic rings. The molecule has 88 valence electrons. The second kappa shape index (κ2) is 6.08. The van der Waals surface area contributed by atoms with Gasteiger partial charge in [0.05, 0.1) is 12.0 Å². The zero-order valence-corrected chi connectivity index (χ0v) is 9.62. The molecule has 3 unspecified atom stereocenters. The molecule has 1 aliphatic heterocycles. The van der Waals surface area contributed by atoms with E-state index in [0.29, 0.717) is 6.42 Å². The van der Waals surface area contributed by atoms with Crippen LogP contribution in [-0.4, -0.2) is 36.2 Å². The van der Waals surface area contributed by atoms with Gasteiger partial charge in [0.2, 0.25) is 5.91 Å². The zero-order chi connectivity index (χ0) is 11.3. The second-order valence-corrected chi connectivity index (χ2v) is 4.54. The van der Waals surface area contributed by atoms with Crippen molar-refractivity contribution in [2.24, 2.45) is 5.92 Å². The van der Waals surface area contributed by atoms with Gasteiger partial charge >= 0.3 is 0 Å². The van der Waals surface area contributed by atoms with Crippen LogP contribution < -0.4 is 10.6 Å². The summed E-state index contributed by atoms with van der Waals surface area (Å²) in [5, 5.41) is 15.3. The Morgan fingerprint density at radius 3 is 2.87 bits per heavy atom. The van der Waals surface area contributed by atoms with Crippen molar-refractivity contribution in [1.82, 2.24) is 10.6 Å². The molecule has 1 heterocycles. The molecule has 0 bridgehead atoms. The Labute approximate surface area is 91.4 Å². The molecular formula is C11H22N2O2. The van der Waals surface area contributed by atoms with Crippen molar-refractivity contribution < 1.29 is 9.90 Å². The summed E-state index contributed by atoms with van der Waals surface area (Å²) < 4.78 is 0. The minimum Gasteiger partial charge on any atom is -0.393 e. The summed E-state index contributed by atoms with van der Waals surface area (Å²) in [7, 11) is 0. The molecule has 0 aliphatic carbocycles. The van der Waals surface area contributed by atoms with Crippen molar-refractivity contribution in [3.8, 4) is 0 Å². The monoisotopic (exact) mass is 214 g/mol. The second-order valence-electron chi connectivity index (χ2n) is 4.54. The van der Waals surface area contributed by atoms with Gasteiger partial charge in [-0.25, -0.2) is 0 Å². The van der Waals surface area contributed by atoms with E-state index in [9.17, 15) is 9.90 Å². The largest absolute Gasteiger partial charge is 0.393 e. The van der Waals surface area contributed by atoms with Gasteiger partial charge in [-0.15, -0.1) is 0 Å². The summed E-state index contributed by atoms with van der Waals surface area (Å²) in [4.78, 5) is 11.8. The fraction of sp³-hybridized carbons (Fsp3) is 0.909. The number of aliphatic hydroxyl groups is 1. The number of amides is 1. The van der Waals surface area contributed by atoms with Gasteiger partial charge in [0.15, 0.2) is 0 Å². The molecule has 0 aromatic carbocycles. The summed E-state index contributed by atoms with van der Waals surface area (Å²) in [6, 6.07) is 0.0550. The number of carbonyl (C=O) groups excluding carboxylic acids is 1. The Morgan fingerprint density at radius 2 is 2.33 bits per heavy atom. The topological polar surface area (TPSA) is 61.4 Å². The minimum absolute atomic E-state index is 0.0550. The van der Waals surface area contributed by atoms with Crippen molar-refractivity contribution >= 4 is 5.91 Å². The average Bonchev–Trinajstić information content (AvgIpc) is 2.17. The van der Waals surface area contributed by atoms with E-state index in [1.807, 2.05) is 6.92 Å². The molecule has 3 atom stereocenters. The smallest absolute Gasteiger partial charge is 0.224 e. The normalized spacial score (nSPS) is 25.7. The van der Waals surface area contributed by atoms with Gasteiger partial charge in [0, 0.05) is 12.6 Å². The number of nitrogens with one attached hydrogen (secondary N) is 2. The molecular weight excluding hydrogens is 192 g/mol. The lowest BCUT2D eigenvalue weighted by molar-refractivity contribution is -0.126. The first-order chi connectivity index (χ1) is 7.09. The van der Waals surface area contributed by atoms with Crippen molar-refractivity contribution in [3.63, 3.8) is 0 Å². The first-order valence-electron chi connectivity index (χ1n) is 5.78. The predicted octanol–water partition coefficient (Wildman–Crippen LogP) is 0.262. The molecule has 1 rings (SSSR count). The molecule has 0 radical (unpaired) electrons. The van der Waals surface area contributed by atoms with Crippen LogP contribution in [0.25, 0.3) is 0 Å². The van der Waals surface area contributed by atoms with Crippen molar-refractivity contribution in [1.29, 1.82) is 0 Å². The van der Waals surface area contributed by atoms with Crippen LogP contribution in [0.4, 0.5) is 0 Å². The Balaban J connectivity index is 2.27. The van der Waals surface area contributed by atoms with Crippen LogP contribution in [0, 0.1) is 5.92 Å². The average molecular weight is 214 g/mol. The number of rotatable bonds is 4. The van der Waals surface area contributed by atoms with Crippen LogP contribution in [0.3, 0.4) is 0 Å². The van der Waals surface area contributed by atoms with Gasteiger partial charge < -0.3 is 15.7 Å². The summed E-state index contributed by atoms with van der Waals surface area (Å²) in [5.74, 6) is 0.227. The first kappa shape index (κ1) is 12.5. The van der Waals surface area contributed by atoms with Crippen LogP contribution in [0.5, 0.6) is 0 Å². The lowest BCUT2D eigenvalue weighted by Gasteiger charge is -2.24. The van der Waals surface area contributed by atoms with Gasteiger partial charge in [-0.3, -0.25) is 4.79 Å². The lowest BCUT2D eigenvalue weighted by atomic mass is 9.98. The van der Waals surface area contributed by atoms with Gasteiger partial charge in [-0.05, 0) is 39.7 Å². The zero-order valence-electron chi connectivity index (χ0n) is 9.62. The Hall–Kier alpha value is -0.610. The van der Waals surface area contributed by atoms with E-state index in [-0.39, 0.29) is 24.0 Å². The fourth-order valence-electron chi connectivity index (χ4n) is 2.01. The van der Waals surface area contributed by atoms with E-state index in [2.05, 4.69) is 10.6 Å². The van der Waals surface area contributed by atoms with Gasteiger partial charge in [0.25, 0.3) is 0 Å². The molecule has 1 fully saturated rings. The SMILES string of the molecule is CC(O)CC(C)NC(=O)C1CCCNC1. The van der Waals surface area contributed by atoms with Crippen LogP contribution >= 0.6 is 0 Å². The molecule has 0 aromatic rings. The predicted molar refractivity (Wildman–Crippen MR) is 59.5 cm³/mol. The van der Waals surface area contributed by atoms with Crippen LogP contribution in [-0.2, 0) is 4.79 Å². The minimum atomic E-state index is -0.357. The highest BCUT2D eigenvalue weighted by Crippen LogP contribution is 2.10. The summed E-state index contributed by atoms with van der Waals surface area (Å²) in [6.07, 6.45) is 2.31. The van der Waals surface area contributed by atoms with E-state index in [0.717, 1.165) is 25.9 Å². The van der Waals surface area contributed by atoms with Crippen LogP contribution in [0.15, 0.2) is 0 Å². The standard InChI is InChI=1S/C11H22N2O2/c1-8(6-9(2)14)13-11(15)10-4-3-5-12-7-10/h8-10,12,14H,3-7H2,1-2H3,(H,13,15). The highest BCUT2D eigenvalue weighted by molar-refractivity contribution is 5.79. The lowest BCUT2D eigenvalue weighted by Crippen LogP contribution is -2.44. The maximum absolute atomic E-state index is 11.8. The number of carbonyl (C=O) groups is 1. The molecule has 1 saturated heterocycles. The van der Waals surface area contributed by atoms with Crippen molar-refractivity contribution in [2.75, 3.05) is 13.1 Å². The Bertz CT molecular complexity index is 201. The molecule has 0 saturated carbocycles. The van der Waals surface area contributed by atoms with Gasteiger partial charge in [-0.2, -0.15) is 0 Å². The maximum Gasteiger partial charge on any atom is 0.224 e. The van der Waals surface area contributed by atoms with E-state index in [1.165, 1.54) is 0 Å². The molecule has 0 spiro atoms. The van der Waals surface area contributed by atoms with E-state index in [1.54, 1.807) is 6.92 Å². The van der Waals surface area contributed by atoms with Gasteiger partial charge in [-0.1, -0.05) is 0 Å². The molecule has 15 heavy (non-hydrogen) atoms. The van der Waals surface area contributed by atoms with E-state index < -0.39 is 0 Å². The summed E-state index contributed by atoms with van der Waals surface area (Å²) in [6.45, 7) is 5.48. The maximum atomic E-state index is 11.8. The highest BCUT2D eigenvalue weighted by atomic mass is 16.3.